The van der Waals surface area contributed by atoms with Crippen LogP contribution in [0.15, 0.2) is 29.8 Å². The monoisotopic (exact) mass is 218 g/mol. The summed E-state index contributed by atoms with van der Waals surface area (Å²) in [6.07, 6.45) is 6.72. The summed E-state index contributed by atoms with van der Waals surface area (Å²) in [4.78, 5) is 0. The van der Waals surface area contributed by atoms with Gasteiger partial charge in [0.1, 0.15) is 0 Å². The van der Waals surface area contributed by atoms with Gasteiger partial charge in [-0.15, -0.1) is 0 Å². The molecular weight excluding hydrogens is 204 g/mol. The number of benzene rings is 1. The van der Waals surface area contributed by atoms with Gasteiger partial charge in [-0.3, -0.25) is 0 Å². The van der Waals surface area contributed by atoms with Crippen molar-refractivity contribution in [3.8, 4) is 0 Å². The molecule has 1 aromatic carbocycles. The largest absolute Gasteiger partial charge is 0.0620 e. The molecule has 0 atom stereocenters. The van der Waals surface area contributed by atoms with Crippen LogP contribution in [0.2, 0.25) is 0 Å². The Hall–Kier alpha value is -0.326. The average Bonchev–Trinajstić information content (AvgIpc) is 2.56. The van der Waals surface area contributed by atoms with E-state index < -0.39 is 0 Å². The zero-order chi connectivity index (χ0) is 8.67. The smallest absolute Gasteiger partial charge is 0 e. The molecule has 0 aromatic heterocycles. The number of hydrogen-bond donors (Lipinski definition) is 0. The molecule has 0 bridgehead atoms. The third kappa shape index (κ3) is 1.51. The fourth-order valence-electron chi connectivity index (χ4n) is 2.69. The van der Waals surface area contributed by atoms with E-state index in [0.29, 0.717) is 0 Å². The van der Waals surface area contributed by atoms with Crippen LogP contribution >= 0.6 is 0 Å². The van der Waals surface area contributed by atoms with E-state index in [0.717, 1.165) is 0 Å². The van der Waals surface area contributed by atoms with Gasteiger partial charge in [0.05, 0.1) is 0 Å². The van der Waals surface area contributed by atoms with Gasteiger partial charge in [0.2, 0.25) is 0 Å². The van der Waals surface area contributed by atoms with E-state index in [2.05, 4.69) is 24.3 Å². The number of hydrogen-bond acceptors (Lipinski definition) is 0. The molecule has 0 radical (unpaired) electrons. The van der Waals surface area contributed by atoms with E-state index in [1.807, 2.05) is 0 Å². The van der Waals surface area contributed by atoms with Gasteiger partial charge in [0, 0.05) is 21.7 Å². The van der Waals surface area contributed by atoms with Crippen LogP contribution in [-0.2, 0) is 28.1 Å². The van der Waals surface area contributed by atoms with Crippen molar-refractivity contribution in [3.05, 3.63) is 41.0 Å². The Labute approximate surface area is 100 Å². The van der Waals surface area contributed by atoms with Gasteiger partial charge >= 0.3 is 0 Å². The molecule has 14 heavy (non-hydrogen) atoms. The van der Waals surface area contributed by atoms with Crippen LogP contribution in [-0.4, -0.2) is 0 Å². The second-order valence-electron chi connectivity index (χ2n) is 4.12. The molecule has 0 spiro atoms. The summed E-state index contributed by atoms with van der Waals surface area (Å²) in [5.74, 6) is 0. The first-order valence-corrected chi connectivity index (χ1v) is 5.24. The summed E-state index contributed by atoms with van der Waals surface area (Å²) in [7, 11) is 0. The van der Waals surface area contributed by atoms with Crippen LogP contribution in [0.4, 0.5) is 0 Å². The summed E-state index contributed by atoms with van der Waals surface area (Å²) in [6, 6.07) is 8.91. The minimum atomic E-state index is 0. The topological polar surface area (TPSA) is 0 Å². The van der Waals surface area contributed by atoms with Crippen molar-refractivity contribution >= 4 is 5.57 Å². The molecule has 0 N–H and O–H groups in total. The maximum Gasteiger partial charge on any atom is 0 e. The van der Waals surface area contributed by atoms with E-state index >= 15 is 0 Å². The molecule has 2 aliphatic carbocycles. The molecule has 1 heteroatoms. The molecule has 0 fully saturated rings. The minimum Gasteiger partial charge on any atom is -0.0620 e. The minimum absolute atomic E-state index is 0. The standard InChI is InChI=1S/C13H14.Ti/c1-3-7-12-10(5-1)9-11-6-2-4-8-13(11)12;/h1,3,5,7H,2,4,6,8-9H2;. The van der Waals surface area contributed by atoms with Crippen molar-refractivity contribution in [2.24, 2.45) is 0 Å². The van der Waals surface area contributed by atoms with Crippen molar-refractivity contribution in [1.29, 1.82) is 0 Å². The fourth-order valence-corrected chi connectivity index (χ4v) is 2.69. The van der Waals surface area contributed by atoms with Gasteiger partial charge < -0.3 is 0 Å². The zero-order valence-electron chi connectivity index (χ0n) is 8.34. The van der Waals surface area contributed by atoms with Gasteiger partial charge in [-0.2, -0.15) is 0 Å². The zero-order valence-corrected chi connectivity index (χ0v) is 9.91. The van der Waals surface area contributed by atoms with Gasteiger partial charge in [0.25, 0.3) is 0 Å². The van der Waals surface area contributed by atoms with Gasteiger partial charge in [0.15, 0.2) is 0 Å². The number of allylic oxidation sites excluding steroid dienone is 2. The van der Waals surface area contributed by atoms with E-state index in [-0.39, 0.29) is 21.7 Å². The third-order valence-electron chi connectivity index (χ3n) is 3.33. The van der Waals surface area contributed by atoms with Crippen molar-refractivity contribution < 1.29 is 21.7 Å². The van der Waals surface area contributed by atoms with E-state index in [4.69, 9.17) is 0 Å². The van der Waals surface area contributed by atoms with Gasteiger partial charge in [-0.05, 0) is 48.8 Å². The number of fused-ring (bicyclic) bond motifs is 2. The molecule has 3 rings (SSSR count). The summed E-state index contributed by atoms with van der Waals surface area (Å²) in [5.41, 5.74) is 6.53. The molecule has 0 unspecified atom stereocenters. The molecule has 0 saturated carbocycles. The Morgan fingerprint density at radius 3 is 2.64 bits per heavy atom. The summed E-state index contributed by atoms with van der Waals surface area (Å²) in [6.45, 7) is 0. The molecule has 0 aliphatic heterocycles. The second-order valence-corrected chi connectivity index (χ2v) is 4.12. The Morgan fingerprint density at radius 1 is 0.929 bits per heavy atom. The van der Waals surface area contributed by atoms with Crippen LogP contribution in [0, 0.1) is 0 Å². The Kier molecular flexibility index (Phi) is 2.94. The van der Waals surface area contributed by atoms with Crippen molar-refractivity contribution in [2.45, 2.75) is 32.1 Å². The SMILES string of the molecule is [Ti].c1ccc2c(c1)CC1=C2CCCC1. The van der Waals surface area contributed by atoms with E-state index in [1.54, 1.807) is 22.3 Å². The van der Waals surface area contributed by atoms with Gasteiger partial charge in [-0.1, -0.05) is 29.8 Å². The Balaban J connectivity index is 0.000000750. The first-order valence-electron chi connectivity index (χ1n) is 5.24. The average molecular weight is 218 g/mol. The fraction of sp³-hybridized carbons (Fsp3) is 0.385. The molecular formula is C13H14Ti. The molecule has 1 aromatic rings. The molecule has 70 valence electrons. The molecule has 0 nitrogen and oxygen atoms in total. The Bertz CT molecular complexity index is 377. The molecule has 0 saturated heterocycles. The first-order chi connectivity index (χ1) is 6.45. The maximum absolute atomic E-state index is 2.29. The third-order valence-corrected chi connectivity index (χ3v) is 3.33. The maximum atomic E-state index is 2.29. The summed E-state index contributed by atoms with van der Waals surface area (Å²) < 4.78 is 0. The first kappa shape index (κ1) is 10.2. The van der Waals surface area contributed by atoms with Crippen LogP contribution < -0.4 is 0 Å². The molecule has 0 amide bonds. The van der Waals surface area contributed by atoms with E-state index in [1.165, 1.54) is 32.1 Å². The molecule has 2 aliphatic rings. The second kappa shape index (κ2) is 4.04. The van der Waals surface area contributed by atoms with Crippen LogP contribution in [0.25, 0.3) is 5.57 Å². The van der Waals surface area contributed by atoms with E-state index in [9.17, 15) is 0 Å². The van der Waals surface area contributed by atoms with Crippen LogP contribution in [0.5, 0.6) is 0 Å². The van der Waals surface area contributed by atoms with Crippen LogP contribution in [0.3, 0.4) is 0 Å². The summed E-state index contributed by atoms with van der Waals surface area (Å²) >= 11 is 0. The molecule has 0 heterocycles. The quantitative estimate of drug-likeness (QED) is 0.584. The normalized spacial score (nSPS) is 18.6. The number of rotatable bonds is 0. The Morgan fingerprint density at radius 2 is 1.71 bits per heavy atom. The predicted molar refractivity (Wildman–Crippen MR) is 55.5 cm³/mol. The van der Waals surface area contributed by atoms with Crippen molar-refractivity contribution in [2.75, 3.05) is 0 Å². The van der Waals surface area contributed by atoms with Crippen molar-refractivity contribution in [3.63, 3.8) is 0 Å². The summed E-state index contributed by atoms with van der Waals surface area (Å²) in [5, 5.41) is 0. The van der Waals surface area contributed by atoms with Crippen molar-refractivity contribution in [1.82, 2.24) is 0 Å². The predicted octanol–water partition coefficient (Wildman–Crippen LogP) is 3.57. The van der Waals surface area contributed by atoms with Gasteiger partial charge in [-0.25, -0.2) is 0 Å². The van der Waals surface area contributed by atoms with Crippen LogP contribution in [0.1, 0.15) is 36.8 Å².